The van der Waals surface area contributed by atoms with Gasteiger partial charge in [0.25, 0.3) is 0 Å². The average Bonchev–Trinajstić information content (AvgIpc) is 3.44. The number of hydrogen-bond donors (Lipinski definition) is 0. The maximum atomic E-state index is 14.3. The number of benzene rings is 1. The van der Waals surface area contributed by atoms with Crippen molar-refractivity contribution in [3.8, 4) is 10.4 Å². The van der Waals surface area contributed by atoms with Crippen LogP contribution in [0, 0.1) is 11.8 Å². The minimum absolute atomic E-state index is 0.000422. The van der Waals surface area contributed by atoms with Gasteiger partial charge in [0.1, 0.15) is 11.0 Å². The molecule has 0 spiro atoms. The van der Waals surface area contributed by atoms with E-state index in [2.05, 4.69) is 18.9 Å². The summed E-state index contributed by atoms with van der Waals surface area (Å²) in [6, 6.07) is 11.8. The summed E-state index contributed by atoms with van der Waals surface area (Å²) in [6.45, 7) is 3.50. The molecule has 0 radical (unpaired) electrons. The van der Waals surface area contributed by atoms with Gasteiger partial charge in [-0.25, -0.2) is 9.59 Å². The van der Waals surface area contributed by atoms with E-state index in [-0.39, 0.29) is 24.0 Å². The van der Waals surface area contributed by atoms with Crippen molar-refractivity contribution in [2.45, 2.75) is 89.7 Å². The Hall–Kier alpha value is -2.91. The molecule has 2 saturated carbocycles. The van der Waals surface area contributed by atoms with Crippen LogP contribution in [0.25, 0.3) is 10.4 Å². The minimum Gasteiger partial charge on any atom is -0.431 e. The molecule has 1 aliphatic heterocycles. The van der Waals surface area contributed by atoms with Crippen molar-refractivity contribution in [1.82, 2.24) is 4.90 Å². The van der Waals surface area contributed by atoms with Gasteiger partial charge < -0.3 is 24.0 Å². The molecule has 3 fully saturated rings. The Labute approximate surface area is 253 Å². The molecule has 2 aliphatic carbocycles. The molecule has 2 aromatic rings. The van der Waals surface area contributed by atoms with Gasteiger partial charge in [0.2, 0.25) is 12.7 Å². The van der Waals surface area contributed by atoms with Gasteiger partial charge in [0.05, 0.1) is 5.69 Å². The maximum Gasteiger partial charge on any atom is 0.511 e. The van der Waals surface area contributed by atoms with Gasteiger partial charge >= 0.3 is 12.1 Å². The number of esters is 1. The number of rotatable bonds is 8. The molecule has 1 aromatic carbocycles. The molecule has 3 aliphatic rings. The second kappa shape index (κ2) is 14.5. The van der Waals surface area contributed by atoms with E-state index in [1.54, 1.807) is 0 Å². The van der Waals surface area contributed by atoms with E-state index < -0.39 is 18.9 Å². The predicted octanol–water partition coefficient (Wildman–Crippen LogP) is 7.27. The van der Waals surface area contributed by atoms with Crippen LogP contribution in [0.4, 0.5) is 10.5 Å². The summed E-state index contributed by atoms with van der Waals surface area (Å²) in [6.07, 6.45) is 9.42. The zero-order valence-electron chi connectivity index (χ0n) is 24.9. The van der Waals surface area contributed by atoms with Crippen molar-refractivity contribution < 1.29 is 28.6 Å². The van der Waals surface area contributed by atoms with E-state index in [0.717, 1.165) is 94.2 Å². The summed E-state index contributed by atoms with van der Waals surface area (Å²) in [5.74, 6) is 0.0792. The fourth-order valence-corrected chi connectivity index (χ4v) is 7.50. The Kier molecular flexibility index (Phi) is 10.6. The van der Waals surface area contributed by atoms with Crippen LogP contribution in [-0.4, -0.2) is 62.0 Å². The number of amides is 1. The highest BCUT2D eigenvalue weighted by molar-refractivity contribution is 7.18. The molecule has 0 N–H and O–H groups in total. The van der Waals surface area contributed by atoms with Crippen LogP contribution in [0.15, 0.2) is 36.4 Å². The highest BCUT2D eigenvalue weighted by Crippen LogP contribution is 2.41. The molecular weight excluding hydrogens is 552 g/mol. The Bertz CT molecular complexity index is 1190. The van der Waals surface area contributed by atoms with Gasteiger partial charge in [0.15, 0.2) is 0 Å². The number of anilines is 1. The molecule has 0 atom stereocenters. The van der Waals surface area contributed by atoms with Crippen LogP contribution in [0.5, 0.6) is 0 Å². The zero-order valence-corrected chi connectivity index (χ0v) is 25.7. The normalized spacial score (nSPS) is 22.3. The van der Waals surface area contributed by atoms with Crippen LogP contribution in [0.2, 0.25) is 0 Å². The van der Waals surface area contributed by atoms with E-state index in [4.69, 9.17) is 14.2 Å². The topological polar surface area (TPSA) is 85.4 Å². The molecule has 1 saturated heterocycles. The Morgan fingerprint density at radius 3 is 2.29 bits per heavy atom. The lowest BCUT2D eigenvalue weighted by atomic mass is 9.82. The number of hydrogen-bond acceptors (Lipinski definition) is 8. The summed E-state index contributed by atoms with van der Waals surface area (Å²) < 4.78 is 16.0. The number of likely N-dealkylation sites (tertiary alicyclic amines) is 1. The Balaban J connectivity index is 1.38. The number of carbonyl (C=O) groups excluding carboxylic acids is 3. The van der Waals surface area contributed by atoms with Crippen molar-refractivity contribution in [3.63, 3.8) is 0 Å². The maximum absolute atomic E-state index is 14.3. The minimum atomic E-state index is -0.819. The summed E-state index contributed by atoms with van der Waals surface area (Å²) in [4.78, 5) is 45.5. The van der Waals surface area contributed by atoms with E-state index in [1.807, 2.05) is 41.3 Å². The average molecular weight is 597 g/mol. The first kappa shape index (κ1) is 30.5. The molecule has 42 heavy (non-hydrogen) atoms. The van der Waals surface area contributed by atoms with Crippen LogP contribution in [0.3, 0.4) is 0 Å². The third kappa shape index (κ3) is 7.72. The summed E-state index contributed by atoms with van der Waals surface area (Å²) in [5.41, 5.74) is 1.57. The molecule has 228 valence electrons. The lowest BCUT2D eigenvalue weighted by Crippen LogP contribution is -2.49. The molecule has 5 rings (SSSR count). The molecule has 1 aromatic heterocycles. The smallest absolute Gasteiger partial charge is 0.431 e. The first-order chi connectivity index (χ1) is 20.4. The van der Waals surface area contributed by atoms with Crippen LogP contribution in [0.1, 0.15) is 87.2 Å². The number of piperidine rings is 1. The third-order valence-corrected chi connectivity index (χ3v) is 10.2. The van der Waals surface area contributed by atoms with E-state index in [0.29, 0.717) is 16.5 Å². The lowest BCUT2D eigenvalue weighted by molar-refractivity contribution is -0.124. The van der Waals surface area contributed by atoms with Gasteiger partial charge in [0, 0.05) is 16.8 Å². The van der Waals surface area contributed by atoms with Crippen molar-refractivity contribution in [2.75, 3.05) is 31.8 Å². The highest BCUT2D eigenvalue weighted by atomic mass is 32.1. The Morgan fingerprint density at radius 1 is 0.905 bits per heavy atom. The Morgan fingerprint density at radius 2 is 1.60 bits per heavy atom. The molecular formula is C33H44N2O6S. The van der Waals surface area contributed by atoms with Gasteiger partial charge in [-0.15, -0.1) is 11.3 Å². The van der Waals surface area contributed by atoms with Gasteiger partial charge in [-0.2, -0.15) is 0 Å². The molecule has 2 heterocycles. The molecule has 1 amide bonds. The fraction of sp³-hybridized carbons (Fsp3) is 0.606. The first-order valence-electron chi connectivity index (χ1n) is 15.6. The second-order valence-electron chi connectivity index (χ2n) is 12.2. The molecule has 0 unspecified atom stereocenters. The zero-order chi connectivity index (χ0) is 29.5. The fourth-order valence-electron chi connectivity index (χ4n) is 6.45. The monoisotopic (exact) mass is 596 g/mol. The number of nitrogens with zero attached hydrogens (tertiary/aromatic N) is 2. The summed E-state index contributed by atoms with van der Waals surface area (Å²) >= 11 is 1.31. The van der Waals surface area contributed by atoms with Crippen molar-refractivity contribution in [2.24, 2.45) is 11.8 Å². The quantitative estimate of drug-likeness (QED) is 0.234. The highest BCUT2D eigenvalue weighted by Gasteiger charge is 2.37. The van der Waals surface area contributed by atoms with E-state index >= 15 is 0 Å². The van der Waals surface area contributed by atoms with Crippen LogP contribution < -0.4 is 4.90 Å². The van der Waals surface area contributed by atoms with Gasteiger partial charge in [-0.05, 0) is 102 Å². The molecule has 9 heteroatoms. The van der Waals surface area contributed by atoms with E-state index in [1.165, 1.54) is 11.3 Å². The van der Waals surface area contributed by atoms with Crippen LogP contribution >= 0.6 is 11.3 Å². The van der Waals surface area contributed by atoms with E-state index in [9.17, 15) is 14.4 Å². The molecule has 8 nitrogen and oxygen atoms in total. The van der Waals surface area contributed by atoms with Crippen LogP contribution in [-0.2, 0) is 19.0 Å². The second-order valence-corrected chi connectivity index (χ2v) is 13.3. The van der Waals surface area contributed by atoms with Gasteiger partial charge in [-0.3, -0.25) is 4.79 Å². The van der Waals surface area contributed by atoms with Crippen molar-refractivity contribution in [3.05, 3.63) is 41.3 Å². The van der Waals surface area contributed by atoms with Crippen molar-refractivity contribution in [1.29, 1.82) is 0 Å². The van der Waals surface area contributed by atoms with Crippen molar-refractivity contribution >= 4 is 35.1 Å². The summed E-state index contributed by atoms with van der Waals surface area (Å²) in [7, 11) is 2.10. The summed E-state index contributed by atoms with van der Waals surface area (Å²) in [5, 5.41) is 0. The van der Waals surface area contributed by atoms with Gasteiger partial charge in [-0.1, -0.05) is 43.7 Å². The third-order valence-electron chi connectivity index (χ3n) is 9.05. The molecule has 0 bridgehead atoms. The number of thiophene rings is 1. The first-order valence-corrected chi connectivity index (χ1v) is 16.4. The SMILES string of the molecule is CC1CCC(C(=O)N(c2cc(-c3ccccc3)sc2C(=O)OCOC(=O)OC2CCCCC2)C2CCN(C)CC2)CC1. The largest absolute Gasteiger partial charge is 0.511 e. The standard InChI is InChI=1S/C33H44N2O6S/c1-23-13-15-25(16-14-23)31(36)35(26-17-19-34(2)20-18-26)28-21-29(24-9-5-3-6-10-24)42-30(28)32(37)39-22-40-33(38)41-27-11-7-4-8-12-27/h3,5-6,9-10,21,23,25-27H,4,7-8,11-20,22H2,1-2H3. The number of ether oxygens (including phenoxy) is 3. The number of carbonyl (C=O) groups is 3. The lowest BCUT2D eigenvalue weighted by Gasteiger charge is -2.40. The predicted molar refractivity (Wildman–Crippen MR) is 164 cm³/mol.